The number of hydrogen-bond acceptors (Lipinski definition) is 6. The molecule has 0 atom stereocenters. The van der Waals surface area contributed by atoms with Crippen LogP contribution in [0.2, 0.25) is 0 Å². The minimum absolute atomic E-state index is 0.00882. The van der Waals surface area contributed by atoms with Crippen molar-refractivity contribution in [3.05, 3.63) is 59.9 Å². The minimum Gasteiger partial charge on any atom is -0.506 e. The van der Waals surface area contributed by atoms with Crippen LogP contribution in [-0.4, -0.2) is 37.4 Å². The highest BCUT2D eigenvalue weighted by atomic mass is 32.2. The van der Waals surface area contributed by atoms with Crippen LogP contribution < -0.4 is 10.6 Å². The summed E-state index contributed by atoms with van der Waals surface area (Å²) in [6, 6.07) is 14.1. The summed E-state index contributed by atoms with van der Waals surface area (Å²) in [6.07, 6.45) is 0.0832. The number of hydrogen-bond donors (Lipinski definition) is 3. The van der Waals surface area contributed by atoms with Crippen molar-refractivity contribution in [3.63, 3.8) is 0 Å². The number of carbonyl (C=O) groups is 2. The molecule has 1 aromatic heterocycles. The van der Waals surface area contributed by atoms with E-state index in [0.29, 0.717) is 23.2 Å². The molecule has 0 saturated heterocycles. The van der Waals surface area contributed by atoms with Gasteiger partial charge in [0.2, 0.25) is 11.8 Å². The van der Waals surface area contributed by atoms with E-state index >= 15 is 0 Å². The molecule has 0 aliphatic rings. The maximum Gasteiger partial charge on any atom is 0.234 e. The summed E-state index contributed by atoms with van der Waals surface area (Å²) in [7, 11) is 0. The van der Waals surface area contributed by atoms with Crippen molar-refractivity contribution >= 4 is 35.0 Å². The topological polar surface area (TPSA) is 109 Å². The van der Waals surface area contributed by atoms with Gasteiger partial charge >= 0.3 is 0 Å². The zero-order valence-electron chi connectivity index (χ0n) is 16.8. The van der Waals surface area contributed by atoms with Crippen LogP contribution in [0.15, 0.2) is 53.7 Å². The van der Waals surface area contributed by atoms with Crippen LogP contribution in [0.25, 0.3) is 0 Å². The lowest BCUT2D eigenvalue weighted by molar-refractivity contribution is -0.116. The average Bonchev–Trinajstić information content (AvgIpc) is 3.11. The molecule has 1 heterocycles. The smallest absolute Gasteiger partial charge is 0.234 e. The lowest BCUT2D eigenvalue weighted by atomic mass is 10.2. The molecule has 0 radical (unpaired) electrons. The van der Waals surface area contributed by atoms with Gasteiger partial charge in [0.15, 0.2) is 5.16 Å². The molecule has 0 bridgehead atoms. The predicted molar refractivity (Wildman–Crippen MR) is 117 cm³/mol. The number of aromatic hydroxyl groups is 1. The van der Waals surface area contributed by atoms with Gasteiger partial charge in [-0.2, -0.15) is 0 Å². The predicted octanol–water partition coefficient (Wildman–Crippen LogP) is 3.22. The van der Waals surface area contributed by atoms with E-state index < -0.39 is 0 Å². The molecule has 3 rings (SSSR count). The molecule has 0 spiro atoms. The van der Waals surface area contributed by atoms with Gasteiger partial charge in [-0.1, -0.05) is 42.1 Å². The SMILES string of the molecule is CCn1c(CC(=O)Nc2ccccc2C)nnc1SCC(=O)Nc1ccccc1O. The molecule has 156 valence electrons. The summed E-state index contributed by atoms with van der Waals surface area (Å²) < 4.78 is 1.81. The van der Waals surface area contributed by atoms with Gasteiger partial charge in [-0.05, 0) is 37.6 Å². The molecule has 8 nitrogen and oxygen atoms in total. The molecule has 0 fully saturated rings. The van der Waals surface area contributed by atoms with Gasteiger partial charge in [-0.3, -0.25) is 9.59 Å². The van der Waals surface area contributed by atoms with Crippen molar-refractivity contribution in [2.45, 2.75) is 32.0 Å². The fraction of sp³-hybridized carbons (Fsp3) is 0.238. The Bertz CT molecular complexity index is 1050. The van der Waals surface area contributed by atoms with Crippen LogP contribution in [0.4, 0.5) is 11.4 Å². The third kappa shape index (κ3) is 5.38. The van der Waals surface area contributed by atoms with Gasteiger partial charge in [0.05, 0.1) is 17.9 Å². The first-order chi connectivity index (χ1) is 14.5. The molecule has 0 aliphatic carbocycles. The fourth-order valence-corrected chi connectivity index (χ4v) is 3.64. The van der Waals surface area contributed by atoms with Crippen molar-refractivity contribution in [2.75, 3.05) is 16.4 Å². The maximum atomic E-state index is 12.4. The van der Waals surface area contributed by atoms with Gasteiger partial charge in [0.1, 0.15) is 11.6 Å². The Morgan fingerprint density at radius 2 is 1.67 bits per heavy atom. The van der Waals surface area contributed by atoms with Crippen molar-refractivity contribution in [1.29, 1.82) is 0 Å². The van der Waals surface area contributed by atoms with Crippen LogP contribution in [0.1, 0.15) is 18.3 Å². The van der Waals surface area contributed by atoms with E-state index in [9.17, 15) is 14.7 Å². The quantitative estimate of drug-likeness (QED) is 0.378. The first-order valence-corrected chi connectivity index (χ1v) is 10.4. The molecular formula is C21H23N5O3S. The van der Waals surface area contributed by atoms with E-state index in [-0.39, 0.29) is 29.7 Å². The molecule has 0 aliphatic heterocycles. The number of phenols is 1. The Kier molecular flexibility index (Phi) is 7.08. The number of nitrogens with zero attached hydrogens (tertiary/aromatic N) is 3. The van der Waals surface area contributed by atoms with E-state index in [4.69, 9.17) is 0 Å². The monoisotopic (exact) mass is 425 g/mol. The fourth-order valence-electron chi connectivity index (χ4n) is 2.82. The maximum absolute atomic E-state index is 12.4. The summed E-state index contributed by atoms with van der Waals surface area (Å²) >= 11 is 1.22. The van der Waals surface area contributed by atoms with Gasteiger partial charge in [-0.15, -0.1) is 10.2 Å². The number of aryl methyl sites for hydroxylation is 1. The molecule has 3 N–H and O–H groups in total. The van der Waals surface area contributed by atoms with Gasteiger partial charge in [-0.25, -0.2) is 0 Å². The number of nitrogens with one attached hydrogen (secondary N) is 2. The highest BCUT2D eigenvalue weighted by Gasteiger charge is 2.16. The van der Waals surface area contributed by atoms with Crippen molar-refractivity contribution < 1.29 is 14.7 Å². The van der Waals surface area contributed by atoms with E-state index in [0.717, 1.165) is 11.3 Å². The number of amides is 2. The lowest BCUT2D eigenvalue weighted by Gasteiger charge is -2.10. The number of carbonyl (C=O) groups excluding carboxylic acids is 2. The van der Waals surface area contributed by atoms with Crippen molar-refractivity contribution in [2.24, 2.45) is 0 Å². The zero-order chi connectivity index (χ0) is 21.5. The molecule has 0 saturated carbocycles. The van der Waals surface area contributed by atoms with E-state index in [2.05, 4.69) is 20.8 Å². The lowest BCUT2D eigenvalue weighted by Crippen LogP contribution is -2.18. The normalized spacial score (nSPS) is 10.6. The summed E-state index contributed by atoms with van der Waals surface area (Å²) in [5.41, 5.74) is 2.10. The van der Waals surface area contributed by atoms with Crippen LogP contribution in [0.3, 0.4) is 0 Å². The Morgan fingerprint density at radius 1 is 1.00 bits per heavy atom. The van der Waals surface area contributed by atoms with E-state index in [1.807, 2.05) is 42.7 Å². The van der Waals surface area contributed by atoms with E-state index in [1.54, 1.807) is 18.2 Å². The number of aromatic nitrogens is 3. The van der Waals surface area contributed by atoms with Crippen LogP contribution >= 0.6 is 11.8 Å². The standard InChI is InChI=1S/C21H23N5O3S/c1-3-26-18(12-19(28)22-15-9-5-4-8-14(15)2)24-25-21(26)30-13-20(29)23-16-10-6-7-11-17(16)27/h4-11,27H,3,12-13H2,1-2H3,(H,22,28)(H,23,29). The summed E-state index contributed by atoms with van der Waals surface area (Å²) in [5.74, 6) is 0.190. The van der Waals surface area contributed by atoms with Crippen LogP contribution in [0.5, 0.6) is 5.75 Å². The number of rotatable bonds is 8. The number of thioether (sulfide) groups is 1. The summed E-state index contributed by atoms with van der Waals surface area (Å²) in [6.45, 7) is 4.43. The number of anilines is 2. The summed E-state index contributed by atoms with van der Waals surface area (Å²) in [5, 5.41) is 24.1. The van der Waals surface area contributed by atoms with Crippen LogP contribution in [-0.2, 0) is 22.6 Å². The Morgan fingerprint density at radius 3 is 2.37 bits per heavy atom. The Labute approximate surface area is 178 Å². The van der Waals surface area contributed by atoms with Crippen molar-refractivity contribution in [3.8, 4) is 5.75 Å². The molecule has 2 aromatic carbocycles. The molecule has 3 aromatic rings. The molecule has 0 unspecified atom stereocenters. The Hall–Kier alpha value is -3.33. The number of para-hydroxylation sites is 3. The third-order valence-electron chi connectivity index (χ3n) is 4.36. The number of benzene rings is 2. The second kappa shape index (κ2) is 9.93. The highest BCUT2D eigenvalue weighted by molar-refractivity contribution is 7.99. The van der Waals surface area contributed by atoms with Gasteiger partial charge in [0.25, 0.3) is 0 Å². The third-order valence-corrected chi connectivity index (χ3v) is 5.32. The average molecular weight is 426 g/mol. The number of phenolic OH excluding ortho intramolecular Hbond substituents is 1. The van der Waals surface area contributed by atoms with Gasteiger partial charge in [0, 0.05) is 12.2 Å². The zero-order valence-corrected chi connectivity index (χ0v) is 17.6. The second-order valence-corrected chi connectivity index (χ2v) is 7.48. The molecule has 30 heavy (non-hydrogen) atoms. The van der Waals surface area contributed by atoms with Crippen molar-refractivity contribution in [1.82, 2.24) is 14.8 Å². The summed E-state index contributed by atoms with van der Waals surface area (Å²) in [4.78, 5) is 24.6. The molecule has 2 amide bonds. The van der Waals surface area contributed by atoms with E-state index in [1.165, 1.54) is 17.8 Å². The highest BCUT2D eigenvalue weighted by Crippen LogP contribution is 2.23. The molecular weight excluding hydrogens is 402 g/mol. The largest absolute Gasteiger partial charge is 0.506 e. The van der Waals surface area contributed by atoms with Crippen LogP contribution in [0, 0.1) is 6.92 Å². The second-order valence-electron chi connectivity index (χ2n) is 6.54. The molecule has 9 heteroatoms. The first kappa shape index (κ1) is 21.4. The Balaban J connectivity index is 1.60. The first-order valence-electron chi connectivity index (χ1n) is 9.46. The minimum atomic E-state index is -0.272. The van der Waals surface area contributed by atoms with Gasteiger partial charge < -0.3 is 20.3 Å².